The summed E-state index contributed by atoms with van der Waals surface area (Å²) >= 11 is 0. The van der Waals surface area contributed by atoms with Gasteiger partial charge in [-0.1, -0.05) is 82.3 Å². The average Bonchev–Trinajstić information content (AvgIpc) is 2.69. The molecule has 1 heterocycles. The monoisotopic (exact) mass is 347 g/mol. The zero-order chi connectivity index (χ0) is 19.3. The van der Waals surface area contributed by atoms with Crippen LogP contribution in [0.2, 0.25) is 0 Å². The minimum atomic E-state index is -0.144. The lowest BCUT2D eigenvalue weighted by Gasteiger charge is -2.25. The molecule has 2 heteroatoms. The number of aliphatic imine (C=N–C) groups is 1. The largest absolute Gasteiger partial charge is 0.292 e. The van der Waals surface area contributed by atoms with Gasteiger partial charge in [0.25, 0.3) is 0 Å². The van der Waals surface area contributed by atoms with E-state index in [0.717, 1.165) is 11.3 Å². The Morgan fingerprint density at radius 2 is 1.46 bits per heavy atom. The summed E-state index contributed by atoms with van der Waals surface area (Å²) in [4.78, 5) is 7.69. The van der Waals surface area contributed by atoms with Gasteiger partial charge in [0.05, 0.1) is 0 Å². The van der Waals surface area contributed by atoms with Gasteiger partial charge in [-0.2, -0.15) is 0 Å². The van der Waals surface area contributed by atoms with E-state index in [1.54, 1.807) is 0 Å². The third kappa shape index (κ3) is 6.64. The summed E-state index contributed by atoms with van der Waals surface area (Å²) in [5, 5.41) is 0. The van der Waals surface area contributed by atoms with Crippen molar-refractivity contribution in [1.82, 2.24) is 0 Å². The molecule has 0 unspecified atom stereocenters. The standard InChI is InChI=1S/C22H24N2.C2H6/c1-22(2,20-13-9-7-10-14-20)21(23-3)16-15-19-12-8-5-4-6-11-17-24-18-19;1-2/h4-18H,1-3H3;1-2H3/p+1/b5-4?,6-4?,8-5?,11-6?,12-8?,16-15+,17-11?,19-12?,19-18?,23-21?,24-17?,24-18?;. The summed E-state index contributed by atoms with van der Waals surface area (Å²) in [5.41, 5.74) is 3.23. The Morgan fingerprint density at radius 1 is 0.885 bits per heavy atom. The van der Waals surface area contributed by atoms with Crippen molar-refractivity contribution >= 4 is 11.8 Å². The maximum Gasteiger partial charge on any atom is 0.174 e. The van der Waals surface area contributed by atoms with E-state index in [9.17, 15) is 0 Å². The molecule has 0 fully saturated rings. The second-order valence-corrected chi connectivity index (χ2v) is 6.04. The van der Waals surface area contributed by atoms with Gasteiger partial charge in [-0.05, 0) is 23.8 Å². The summed E-state index contributed by atoms with van der Waals surface area (Å²) in [5.74, 6) is 0. The van der Waals surface area contributed by atoms with Gasteiger partial charge >= 0.3 is 0 Å². The summed E-state index contributed by atoms with van der Waals surface area (Å²) in [6.07, 6.45) is 8.05. The van der Waals surface area contributed by atoms with Crippen molar-refractivity contribution in [2.75, 3.05) is 7.05 Å². The van der Waals surface area contributed by atoms with Crippen molar-refractivity contribution in [2.45, 2.75) is 33.1 Å². The van der Waals surface area contributed by atoms with Crippen LogP contribution in [-0.2, 0) is 5.41 Å². The van der Waals surface area contributed by atoms with E-state index in [1.807, 2.05) is 69.7 Å². The first-order valence-electron chi connectivity index (χ1n) is 9.15. The maximum atomic E-state index is 4.52. The normalized spacial score (nSPS) is 11.3. The first-order valence-corrected chi connectivity index (χ1v) is 9.15. The molecular formula is C24H31N2+. The number of aromatic nitrogens is 1. The highest BCUT2D eigenvalue weighted by atomic mass is 14.7. The number of nitrogens with one attached hydrogen (secondary N) is 1. The van der Waals surface area contributed by atoms with Gasteiger partial charge in [0, 0.05) is 29.8 Å². The van der Waals surface area contributed by atoms with E-state index in [2.05, 4.69) is 66.3 Å². The molecule has 0 aliphatic rings. The fraction of sp³-hybridized carbons (Fsp3) is 0.250. The molecule has 0 amide bonds. The minimum absolute atomic E-state index is 0.144. The zero-order valence-electron chi connectivity index (χ0n) is 16.6. The third-order valence-electron chi connectivity index (χ3n) is 3.99. The van der Waals surface area contributed by atoms with Crippen LogP contribution in [-0.4, -0.2) is 12.8 Å². The quantitative estimate of drug-likeness (QED) is 0.633. The summed E-state index contributed by atoms with van der Waals surface area (Å²) < 4.78 is 0. The van der Waals surface area contributed by atoms with Crippen LogP contribution in [0.25, 0.3) is 6.08 Å². The predicted molar refractivity (Wildman–Crippen MR) is 114 cm³/mol. The summed E-state index contributed by atoms with van der Waals surface area (Å²) in [6, 6.07) is 22.5. The number of H-pyrrole nitrogens is 1. The highest BCUT2D eigenvalue weighted by molar-refractivity contribution is 6.05. The van der Waals surface area contributed by atoms with Crippen LogP contribution in [0.1, 0.15) is 38.8 Å². The molecule has 2 nitrogen and oxygen atoms in total. The minimum Gasteiger partial charge on any atom is -0.292 e. The number of benzene rings is 1. The Bertz CT molecular complexity index is 733. The summed E-state index contributed by atoms with van der Waals surface area (Å²) in [6.45, 7) is 8.40. The Morgan fingerprint density at radius 3 is 2.15 bits per heavy atom. The van der Waals surface area contributed by atoms with E-state index in [4.69, 9.17) is 0 Å². The number of hydrogen-bond donors (Lipinski definition) is 0. The molecule has 2 aromatic rings. The smallest absolute Gasteiger partial charge is 0.174 e. The molecule has 0 spiro atoms. The molecule has 0 saturated heterocycles. The Balaban J connectivity index is 0.00000163. The summed E-state index contributed by atoms with van der Waals surface area (Å²) in [7, 11) is 1.85. The second-order valence-electron chi connectivity index (χ2n) is 6.04. The van der Waals surface area contributed by atoms with Crippen LogP contribution in [0, 0.1) is 0 Å². The molecule has 1 aromatic heterocycles. The highest BCUT2D eigenvalue weighted by Crippen LogP contribution is 2.25. The molecule has 2 rings (SSSR count). The fourth-order valence-electron chi connectivity index (χ4n) is 2.51. The van der Waals surface area contributed by atoms with E-state index in [0.29, 0.717) is 0 Å². The van der Waals surface area contributed by atoms with Gasteiger partial charge in [0.2, 0.25) is 0 Å². The molecule has 0 aliphatic heterocycles. The van der Waals surface area contributed by atoms with E-state index >= 15 is 0 Å². The van der Waals surface area contributed by atoms with E-state index in [-0.39, 0.29) is 5.41 Å². The lowest BCUT2D eigenvalue weighted by Crippen LogP contribution is -2.27. The molecule has 1 N–H and O–H groups in total. The van der Waals surface area contributed by atoms with E-state index in [1.165, 1.54) is 5.56 Å². The number of aromatic amines is 1. The first kappa shape index (κ1) is 21.3. The Hall–Kier alpha value is -2.74. The molecular weight excluding hydrogens is 316 g/mol. The van der Waals surface area contributed by atoms with Gasteiger partial charge in [-0.3, -0.25) is 4.99 Å². The van der Waals surface area contributed by atoms with Crippen molar-refractivity contribution in [3.05, 3.63) is 96.3 Å². The lowest BCUT2D eigenvalue weighted by molar-refractivity contribution is -0.377. The van der Waals surface area contributed by atoms with Crippen molar-refractivity contribution in [3.63, 3.8) is 0 Å². The number of hydrogen-bond acceptors (Lipinski definition) is 1. The molecule has 136 valence electrons. The predicted octanol–water partition coefficient (Wildman–Crippen LogP) is 5.71. The number of allylic oxidation sites excluding steroid dienone is 1. The van der Waals surface area contributed by atoms with Gasteiger partial charge in [-0.15, -0.1) is 0 Å². The molecule has 0 radical (unpaired) electrons. The highest BCUT2D eigenvalue weighted by Gasteiger charge is 2.24. The fourth-order valence-corrected chi connectivity index (χ4v) is 2.51. The van der Waals surface area contributed by atoms with E-state index < -0.39 is 0 Å². The van der Waals surface area contributed by atoms with Crippen molar-refractivity contribution in [3.8, 4) is 0 Å². The zero-order valence-corrected chi connectivity index (χ0v) is 16.6. The molecule has 0 saturated carbocycles. The SMILES string of the molecule is CC.CN=C(/C=C/c1ccccccc[nH+]c1)C(C)(C)c1ccccc1. The topological polar surface area (TPSA) is 26.5 Å². The van der Waals surface area contributed by atoms with Crippen LogP contribution >= 0.6 is 0 Å². The van der Waals surface area contributed by atoms with Crippen molar-refractivity contribution in [2.24, 2.45) is 4.99 Å². The average molecular weight is 348 g/mol. The molecule has 1 aromatic carbocycles. The molecule has 26 heavy (non-hydrogen) atoms. The van der Waals surface area contributed by atoms with Crippen LogP contribution in [0.5, 0.6) is 0 Å². The third-order valence-corrected chi connectivity index (χ3v) is 3.99. The maximum absolute atomic E-state index is 4.52. The molecule has 0 bridgehead atoms. The van der Waals surface area contributed by atoms with Crippen LogP contribution in [0.4, 0.5) is 0 Å². The second kappa shape index (κ2) is 11.8. The van der Waals surface area contributed by atoms with Crippen molar-refractivity contribution in [1.29, 1.82) is 0 Å². The number of nitrogens with zero attached hydrogens (tertiary/aromatic N) is 1. The van der Waals surface area contributed by atoms with Gasteiger partial charge < -0.3 is 0 Å². The lowest BCUT2D eigenvalue weighted by atomic mass is 9.79. The van der Waals surface area contributed by atoms with Gasteiger partial charge in [0.1, 0.15) is 0 Å². The Kier molecular flexibility index (Phi) is 9.63. The molecule has 0 aliphatic carbocycles. The first-order chi connectivity index (χ1) is 12.6. The van der Waals surface area contributed by atoms with Crippen LogP contribution in [0.3, 0.4) is 0 Å². The van der Waals surface area contributed by atoms with Crippen LogP contribution < -0.4 is 4.98 Å². The van der Waals surface area contributed by atoms with Gasteiger partial charge in [0.15, 0.2) is 12.4 Å². The Labute approximate surface area is 158 Å². The van der Waals surface area contributed by atoms with Crippen LogP contribution in [0.15, 0.2) is 90.2 Å². The molecule has 0 atom stereocenters. The van der Waals surface area contributed by atoms with Crippen molar-refractivity contribution < 1.29 is 4.98 Å². The van der Waals surface area contributed by atoms with Gasteiger partial charge in [-0.25, -0.2) is 4.98 Å². The number of rotatable bonds is 4.